The maximum absolute atomic E-state index is 13.2. The number of amides is 1. The first-order valence-corrected chi connectivity index (χ1v) is 8.27. The number of anilines is 1. The molecule has 0 bridgehead atoms. The van der Waals surface area contributed by atoms with E-state index in [9.17, 15) is 9.18 Å². The zero-order chi connectivity index (χ0) is 18.4. The summed E-state index contributed by atoms with van der Waals surface area (Å²) in [5.74, 6) is -0.301. The molecule has 2 aromatic rings. The van der Waals surface area contributed by atoms with E-state index in [0.29, 0.717) is 19.0 Å². The Labute approximate surface area is 151 Å². The summed E-state index contributed by atoms with van der Waals surface area (Å²) >= 11 is 0. The Bertz CT molecular complexity index is 804. The molecule has 6 nitrogen and oxygen atoms in total. The van der Waals surface area contributed by atoms with Gasteiger partial charge in [-0.25, -0.2) is 9.82 Å². The summed E-state index contributed by atoms with van der Waals surface area (Å²) in [6.07, 6.45) is 1.50. The summed E-state index contributed by atoms with van der Waals surface area (Å²) < 4.78 is 23.9. The normalized spacial score (nSPS) is 14.5. The highest BCUT2D eigenvalue weighted by molar-refractivity contribution is 5.95. The predicted octanol–water partition coefficient (Wildman–Crippen LogP) is 2.43. The van der Waals surface area contributed by atoms with Crippen molar-refractivity contribution in [1.29, 1.82) is 0 Å². The van der Waals surface area contributed by atoms with Gasteiger partial charge < -0.3 is 14.4 Å². The van der Waals surface area contributed by atoms with Crippen molar-refractivity contribution >= 4 is 17.8 Å². The topological polar surface area (TPSA) is 63.2 Å². The number of hydrazone groups is 1. The van der Waals surface area contributed by atoms with Gasteiger partial charge in [-0.05, 0) is 30.3 Å². The van der Waals surface area contributed by atoms with E-state index in [0.717, 1.165) is 30.4 Å². The van der Waals surface area contributed by atoms with Crippen molar-refractivity contribution in [2.45, 2.75) is 0 Å². The van der Waals surface area contributed by atoms with Crippen LogP contribution in [-0.2, 0) is 4.74 Å². The first-order valence-electron chi connectivity index (χ1n) is 8.27. The van der Waals surface area contributed by atoms with Gasteiger partial charge in [0.1, 0.15) is 11.6 Å². The van der Waals surface area contributed by atoms with E-state index in [2.05, 4.69) is 15.4 Å². The number of rotatable bonds is 5. The van der Waals surface area contributed by atoms with Gasteiger partial charge in [-0.15, -0.1) is 0 Å². The van der Waals surface area contributed by atoms with Gasteiger partial charge >= 0.3 is 0 Å². The van der Waals surface area contributed by atoms with Crippen LogP contribution in [0.15, 0.2) is 47.6 Å². The van der Waals surface area contributed by atoms with Gasteiger partial charge in [0.05, 0.1) is 26.5 Å². The Morgan fingerprint density at radius 1 is 1.27 bits per heavy atom. The van der Waals surface area contributed by atoms with E-state index in [1.807, 2.05) is 18.2 Å². The Morgan fingerprint density at radius 2 is 2.08 bits per heavy atom. The third-order valence-electron chi connectivity index (χ3n) is 4.05. The Kier molecular flexibility index (Phi) is 5.80. The molecule has 1 aliphatic heterocycles. The van der Waals surface area contributed by atoms with Crippen LogP contribution in [0.25, 0.3) is 0 Å². The van der Waals surface area contributed by atoms with Crippen LogP contribution >= 0.6 is 0 Å². The van der Waals surface area contributed by atoms with Crippen molar-refractivity contribution in [2.24, 2.45) is 5.10 Å². The van der Waals surface area contributed by atoms with E-state index in [-0.39, 0.29) is 5.56 Å². The van der Waals surface area contributed by atoms with E-state index < -0.39 is 11.7 Å². The molecule has 3 rings (SSSR count). The third kappa shape index (κ3) is 4.37. The molecule has 0 unspecified atom stereocenters. The van der Waals surface area contributed by atoms with Gasteiger partial charge in [0.25, 0.3) is 5.91 Å². The van der Waals surface area contributed by atoms with Crippen LogP contribution in [0.1, 0.15) is 15.9 Å². The van der Waals surface area contributed by atoms with Gasteiger partial charge in [-0.3, -0.25) is 4.79 Å². The number of carbonyl (C=O) groups is 1. The quantitative estimate of drug-likeness (QED) is 0.659. The number of nitrogens with one attached hydrogen (secondary N) is 1. The fraction of sp³-hybridized carbons (Fsp3) is 0.263. The first kappa shape index (κ1) is 17.9. The molecule has 1 heterocycles. The molecule has 0 atom stereocenters. The summed E-state index contributed by atoms with van der Waals surface area (Å²) in [4.78, 5) is 14.2. The summed E-state index contributed by atoms with van der Waals surface area (Å²) in [6, 6.07) is 11.2. The lowest BCUT2D eigenvalue weighted by atomic mass is 10.1. The number of hydrogen-bond acceptors (Lipinski definition) is 5. The fourth-order valence-electron chi connectivity index (χ4n) is 2.68. The highest BCUT2D eigenvalue weighted by Gasteiger charge is 2.13. The van der Waals surface area contributed by atoms with Crippen molar-refractivity contribution in [3.63, 3.8) is 0 Å². The molecule has 0 saturated carbocycles. The predicted molar refractivity (Wildman–Crippen MR) is 97.5 cm³/mol. The smallest absolute Gasteiger partial charge is 0.271 e. The van der Waals surface area contributed by atoms with Crippen molar-refractivity contribution in [3.8, 4) is 5.75 Å². The molecule has 1 aliphatic rings. The van der Waals surface area contributed by atoms with Crippen LogP contribution in [0.5, 0.6) is 5.75 Å². The molecule has 2 aromatic carbocycles. The molecule has 0 spiro atoms. The molecule has 136 valence electrons. The van der Waals surface area contributed by atoms with Gasteiger partial charge in [-0.1, -0.05) is 6.07 Å². The molecule has 0 radical (unpaired) electrons. The number of ether oxygens (including phenoxy) is 2. The monoisotopic (exact) mass is 357 g/mol. The van der Waals surface area contributed by atoms with Crippen LogP contribution in [0.2, 0.25) is 0 Å². The minimum absolute atomic E-state index is 0.205. The standard InChI is InChI=1S/C19H20FN3O3/c1-25-18-12-17(23-7-9-26-10-8-23)6-5-15(18)13-21-22-19(24)14-3-2-4-16(20)11-14/h2-6,11-13H,7-10H2,1H3,(H,22,24)/b21-13-. The molecule has 1 fully saturated rings. The molecule has 1 amide bonds. The van der Waals surface area contributed by atoms with Crippen molar-refractivity contribution in [3.05, 3.63) is 59.4 Å². The highest BCUT2D eigenvalue weighted by atomic mass is 19.1. The third-order valence-corrected chi connectivity index (χ3v) is 4.05. The first-order chi connectivity index (χ1) is 12.7. The Hall–Kier alpha value is -2.93. The maximum Gasteiger partial charge on any atom is 0.271 e. The molecule has 1 saturated heterocycles. The zero-order valence-electron chi connectivity index (χ0n) is 14.4. The lowest BCUT2D eigenvalue weighted by Crippen LogP contribution is -2.36. The maximum atomic E-state index is 13.2. The Balaban J connectivity index is 1.68. The molecular weight excluding hydrogens is 337 g/mol. The van der Waals surface area contributed by atoms with E-state index in [1.54, 1.807) is 7.11 Å². The minimum Gasteiger partial charge on any atom is -0.496 e. The second-order valence-electron chi connectivity index (χ2n) is 5.74. The highest BCUT2D eigenvalue weighted by Crippen LogP contribution is 2.25. The summed E-state index contributed by atoms with van der Waals surface area (Å²) in [6.45, 7) is 3.08. The average Bonchev–Trinajstić information content (AvgIpc) is 2.68. The number of benzene rings is 2. The number of methoxy groups -OCH3 is 1. The molecule has 7 heteroatoms. The molecule has 26 heavy (non-hydrogen) atoms. The van der Waals surface area contributed by atoms with Crippen LogP contribution in [0, 0.1) is 5.82 Å². The number of hydrogen-bond donors (Lipinski definition) is 1. The lowest BCUT2D eigenvalue weighted by Gasteiger charge is -2.29. The molecule has 0 aromatic heterocycles. The van der Waals surface area contributed by atoms with E-state index in [4.69, 9.17) is 9.47 Å². The zero-order valence-corrected chi connectivity index (χ0v) is 14.4. The van der Waals surface area contributed by atoms with Crippen molar-refractivity contribution < 1.29 is 18.7 Å². The van der Waals surface area contributed by atoms with Crippen LogP contribution in [0.4, 0.5) is 10.1 Å². The number of halogens is 1. The molecule has 1 N–H and O–H groups in total. The van der Waals surface area contributed by atoms with E-state index in [1.165, 1.54) is 24.4 Å². The largest absolute Gasteiger partial charge is 0.496 e. The van der Waals surface area contributed by atoms with Crippen molar-refractivity contribution in [2.75, 3.05) is 38.3 Å². The Morgan fingerprint density at radius 3 is 2.81 bits per heavy atom. The second-order valence-corrected chi connectivity index (χ2v) is 5.74. The molecule has 0 aliphatic carbocycles. The van der Waals surface area contributed by atoms with Crippen molar-refractivity contribution in [1.82, 2.24) is 5.43 Å². The summed E-state index contributed by atoms with van der Waals surface area (Å²) in [5.41, 5.74) is 4.36. The van der Waals surface area contributed by atoms with Crippen LogP contribution in [-0.4, -0.2) is 45.5 Å². The van der Waals surface area contributed by atoms with Crippen LogP contribution < -0.4 is 15.1 Å². The number of morpholine rings is 1. The lowest BCUT2D eigenvalue weighted by molar-refractivity contribution is 0.0954. The number of nitrogens with zero attached hydrogens (tertiary/aromatic N) is 2. The van der Waals surface area contributed by atoms with Gasteiger partial charge in [-0.2, -0.15) is 5.10 Å². The summed E-state index contributed by atoms with van der Waals surface area (Å²) in [7, 11) is 1.58. The van der Waals surface area contributed by atoms with Gasteiger partial charge in [0.2, 0.25) is 0 Å². The fourth-order valence-corrected chi connectivity index (χ4v) is 2.68. The SMILES string of the molecule is COc1cc(N2CCOCC2)ccc1/C=N\NC(=O)c1cccc(F)c1. The molecular formula is C19H20FN3O3. The van der Waals surface area contributed by atoms with Gasteiger partial charge in [0, 0.05) is 36.0 Å². The van der Waals surface area contributed by atoms with E-state index >= 15 is 0 Å². The summed E-state index contributed by atoms with van der Waals surface area (Å²) in [5, 5.41) is 3.94. The van der Waals surface area contributed by atoms with Gasteiger partial charge in [0.15, 0.2) is 0 Å². The minimum atomic E-state index is -0.482. The number of carbonyl (C=O) groups excluding carboxylic acids is 1. The van der Waals surface area contributed by atoms with Crippen LogP contribution in [0.3, 0.4) is 0 Å². The second kappa shape index (κ2) is 8.44. The average molecular weight is 357 g/mol.